The molecular formula is C106H172O19. The lowest BCUT2D eigenvalue weighted by Crippen LogP contribution is -2.20. The molecule has 0 amide bonds. The number of carbonyl (C=O) groups excluding carboxylic acids is 19. The van der Waals surface area contributed by atoms with Gasteiger partial charge in [-0.05, 0) is 134 Å². The van der Waals surface area contributed by atoms with Gasteiger partial charge in [-0.15, -0.1) is 0 Å². The van der Waals surface area contributed by atoms with Gasteiger partial charge in [0.1, 0.15) is 57.8 Å². The Morgan fingerprint density at radius 3 is 0.712 bits per heavy atom. The molecule has 0 heterocycles. The monoisotopic (exact) mass is 1750 g/mol. The summed E-state index contributed by atoms with van der Waals surface area (Å²) in [4.78, 5) is 215. The maximum absolute atomic E-state index is 11.6. The van der Waals surface area contributed by atoms with Crippen LogP contribution in [0.15, 0.2) is 109 Å². The molecule has 0 radical (unpaired) electrons. The Balaban J connectivity index is -0.000000206. The van der Waals surface area contributed by atoms with Gasteiger partial charge in [-0.3, -0.25) is 91.1 Å². The molecule has 1 aliphatic rings. The number of rotatable bonds is 41. The van der Waals surface area contributed by atoms with E-state index in [-0.39, 0.29) is 205 Å². The van der Waals surface area contributed by atoms with Gasteiger partial charge in [-0.2, -0.15) is 0 Å². The van der Waals surface area contributed by atoms with Crippen molar-refractivity contribution in [3.8, 4) is 0 Å². The molecular weight excluding hydrogens is 1580 g/mol. The molecule has 0 bridgehead atoms. The highest BCUT2D eigenvalue weighted by atomic mass is 16.2. The number of Topliss-reactive ketones (excluding diaryl/α,β-unsaturated/α-hetero) is 12. The van der Waals surface area contributed by atoms with Crippen molar-refractivity contribution in [3.63, 3.8) is 0 Å². The molecule has 1 rings (SSSR count). The van der Waals surface area contributed by atoms with Gasteiger partial charge in [0.2, 0.25) is 0 Å². The summed E-state index contributed by atoms with van der Waals surface area (Å²) < 4.78 is 0. The Morgan fingerprint density at radius 2 is 0.488 bits per heavy atom. The minimum absolute atomic E-state index is 0.0135. The molecule has 0 aromatic heterocycles. The van der Waals surface area contributed by atoms with E-state index in [4.69, 9.17) is 0 Å². The Labute approximate surface area is 757 Å². The minimum Gasteiger partial charge on any atom is -0.300 e. The Morgan fingerprint density at radius 1 is 0.272 bits per heavy atom. The highest BCUT2D eigenvalue weighted by Gasteiger charge is 2.28. The average molecular weight is 1750 g/mol. The maximum Gasteiger partial charge on any atom is 0.160 e. The van der Waals surface area contributed by atoms with Crippen molar-refractivity contribution in [2.24, 2.45) is 54.7 Å². The fourth-order valence-corrected chi connectivity index (χ4v) is 8.57. The maximum atomic E-state index is 11.6. The molecule has 0 atom stereocenters. The van der Waals surface area contributed by atoms with Crippen molar-refractivity contribution in [2.45, 2.75) is 397 Å². The molecule has 0 aromatic rings. The molecule has 0 N–H and O–H groups in total. The molecule has 1 aliphatic carbocycles. The number of hydrogen-bond donors (Lipinski definition) is 0. The fraction of sp³-hybridized carbons (Fsp3) is 0.651. The number of carbonyl (C=O) groups is 19. The number of allylic oxidation sites excluding steroid dienone is 15. The molecule has 0 unspecified atom stereocenters. The molecule has 710 valence electrons. The summed E-state index contributed by atoms with van der Waals surface area (Å²) in [5, 5.41) is 0. The lowest BCUT2D eigenvalue weighted by atomic mass is 9.87. The topological polar surface area (TPSA) is 324 Å². The summed E-state index contributed by atoms with van der Waals surface area (Å²) >= 11 is 0. The Hall–Kier alpha value is -8.61. The number of hydrogen-bond acceptors (Lipinski definition) is 19. The standard InChI is InChI=1S/2C14H22O3.C13H20O2.2C12H20O2.2C11H18O2.C10H16O2.C9H16O/c1-10(2)12(16)8-6-11(15)7-9-13(17)14(3,4)5;1-5-6-11(15)7-8-12(16)9-10-13(17)14(2,3)4;1-13(2,3)12(15)9-8-11(14)7-6-10-4-5-10;1-9(2)8-10(13)6-7-11(14)12(3,4)5;1-5-6-7-10(13)8-9-11(14)12(2,3)4;1-8(2)9(12)6-7-10(13)11(3,4)5;1-5-6-9(12)7-8-10(13)11(2,3)4;1-5-8(11)6-7-9(12)10(2,3)4;1-7(2)6-8(10)9(3,4)5/h1,6-9H2,2-5H3;5-6H,7-10H2,1-4H3;6-7,10H,4-5,8-9H2,1-3H3;8H,6-7H2,1-5H3;6-7H,5,8-9H2,1-4H3;1,6-7H2,2-5H3;5-6H,7-8H2,1-4H3;5H,1,6-7H2,2-4H3;6H,1-5H3/b;6-5+;7-6+;;7-6+;;6-5+;;. The Bertz CT molecular complexity index is 3750. The second-order valence-electron chi connectivity index (χ2n) is 41.4. The fourth-order valence-electron chi connectivity index (χ4n) is 8.57. The summed E-state index contributed by atoms with van der Waals surface area (Å²) in [5.74, 6) is 1.81. The van der Waals surface area contributed by atoms with E-state index in [1.165, 1.54) is 31.1 Å². The molecule has 0 saturated heterocycles. The highest BCUT2D eigenvalue weighted by Crippen LogP contribution is 2.30. The lowest BCUT2D eigenvalue weighted by Gasteiger charge is -2.15. The van der Waals surface area contributed by atoms with Gasteiger partial charge in [0.15, 0.2) is 52.0 Å². The third-order valence-corrected chi connectivity index (χ3v) is 18.0. The van der Waals surface area contributed by atoms with Gasteiger partial charge in [0.25, 0.3) is 0 Å². The van der Waals surface area contributed by atoms with E-state index in [0.29, 0.717) is 94.1 Å². The van der Waals surface area contributed by atoms with Crippen LogP contribution in [0.1, 0.15) is 397 Å². The van der Waals surface area contributed by atoms with Crippen LogP contribution in [0, 0.1) is 54.7 Å². The van der Waals surface area contributed by atoms with E-state index in [1.807, 2.05) is 234 Å². The normalized spacial score (nSPS) is 12.0. The van der Waals surface area contributed by atoms with E-state index in [9.17, 15) is 91.1 Å². The highest BCUT2D eigenvalue weighted by molar-refractivity contribution is 6.00. The second-order valence-corrected chi connectivity index (χ2v) is 41.4. The number of ketones is 19. The van der Waals surface area contributed by atoms with Crippen LogP contribution in [-0.2, 0) is 91.1 Å². The van der Waals surface area contributed by atoms with Crippen LogP contribution in [0.4, 0.5) is 0 Å². The summed E-state index contributed by atoms with van der Waals surface area (Å²) in [6, 6.07) is 0. The van der Waals surface area contributed by atoms with Crippen molar-refractivity contribution < 1.29 is 91.1 Å². The van der Waals surface area contributed by atoms with Crippen molar-refractivity contribution in [1.82, 2.24) is 0 Å². The molecule has 1 saturated carbocycles. The average Bonchev–Trinajstić information content (AvgIpc) is 1.80. The largest absolute Gasteiger partial charge is 0.300 e. The van der Waals surface area contributed by atoms with Gasteiger partial charge in [-0.1, -0.05) is 249 Å². The van der Waals surface area contributed by atoms with Crippen molar-refractivity contribution in [1.29, 1.82) is 0 Å². The van der Waals surface area contributed by atoms with E-state index in [0.717, 1.165) is 17.6 Å². The zero-order valence-corrected chi connectivity index (χ0v) is 85.1. The Kier molecular flexibility index (Phi) is 69.5. The molecule has 0 aromatic carbocycles. The summed E-state index contributed by atoms with van der Waals surface area (Å²) in [7, 11) is 0. The van der Waals surface area contributed by atoms with Crippen LogP contribution in [-0.4, -0.2) is 110 Å². The third-order valence-electron chi connectivity index (χ3n) is 18.0. The van der Waals surface area contributed by atoms with Crippen LogP contribution in [0.25, 0.3) is 0 Å². The third kappa shape index (κ3) is 85.9. The first-order valence-corrected chi connectivity index (χ1v) is 44.2. The zero-order chi connectivity index (χ0) is 100. The van der Waals surface area contributed by atoms with E-state index >= 15 is 0 Å². The molecule has 0 aliphatic heterocycles. The first-order chi connectivity index (χ1) is 56.2. The minimum atomic E-state index is -0.395. The zero-order valence-electron chi connectivity index (χ0n) is 85.1. The van der Waals surface area contributed by atoms with Crippen LogP contribution >= 0.6 is 0 Å². The predicted molar refractivity (Wildman–Crippen MR) is 512 cm³/mol. The van der Waals surface area contributed by atoms with Gasteiger partial charge in [0, 0.05) is 177 Å². The summed E-state index contributed by atoms with van der Waals surface area (Å²) in [6.07, 6.45) is 27.2. The summed E-state index contributed by atoms with van der Waals surface area (Å²) in [6.45, 7) is 77.4. The smallest absolute Gasteiger partial charge is 0.160 e. The van der Waals surface area contributed by atoms with Gasteiger partial charge in [-0.25, -0.2) is 0 Å². The van der Waals surface area contributed by atoms with Crippen LogP contribution < -0.4 is 0 Å². The predicted octanol–water partition coefficient (Wildman–Crippen LogP) is 24.3. The second kappa shape index (κ2) is 65.9. The first kappa shape index (κ1) is 132. The van der Waals surface area contributed by atoms with Crippen molar-refractivity contribution in [3.05, 3.63) is 109 Å². The quantitative estimate of drug-likeness (QED) is 0.0513. The molecule has 1 fully saturated rings. The van der Waals surface area contributed by atoms with Crippen LogP contribution in [0.3, 0.4) is 0 Å². The van der Waals surface area contributed by atoms with Gasteiger partial charge >= 0.3 is 0 Å². The van der Waals surface area contributed by atoms with Gasteiger partial charge < -0.3 is 0 Å². The van der Waals surface area contributed by atoms with E-state index in [1.54, 1.807) is 64.2 Å². The van der Waals surface area contributed by atoms with Crippen molar-refractivity contribution >= 4 is 110 Å². The van der Waals surface area contributed by atoms with Crippen molar-refractivity contribution in [2.75, 3.05) is 0 Å². The lowest BCUT2D eigenvalue weighted by molar-refractivity contribution is -0.129. The molecule has 125 heavy (non-hydrogen) atoms. The van der Waals surface area contributed by atoms with Gasteiger partial charge in [0.05, 0.1) is 0 Å². The van der Waals surface area contributed by atoms with Crippen LogP contribution in [0.2, 0.25) is 0 Å². The molecule has 19 nitrogen and oxygen atoms in total. The van der Waals surface area contributed by atoms with E-state index in [2.05, 4.69) is 19.7 Å². The summed E-state index contributed by atoms with van der Waals surface area (Å²) in [5.41, 5.74) is 0.0861. The molecule has 19 heteroatoms. The first-order valence-electron chi connectivity index (χ1n) is 44.2. The molecule has 0 spiro atoms. The van der Waals surface area contributed by atoms with Crippen LogP contribution in [0.5, 0.6) is 0 Å². The van der Waals surface area contributed by atoms with E-state index < -0.39 is 5.41 Å². The SMILES string of the molecule is C/C=C/C(=O)CCC(=O)C(C)(C)C.C/C=C/C(=O)CCC(=O)CCC(=O)C(C)(C)C.C=C(C)C(=O)CCC(=O)C(C)(C)C.C=C(C)C(=O)CCC(=O)CCC(=O)C(C)(C)C.C=CC(=O)CCC(=O)C(C)(C)C.CC(C)(C)C(=O)CCC(=O)/C=C/C1CC1.CC(C)=CC(=O)C(C)(C)C.CC(C)=CC(=O)CCC(=O)C(C)(C)C.CC/C=C/C(=O)CCC(=O)C(C)(C)C.